The molecule has 3 aromatic rings. The van der Waals surface area contributed by atoms with Gasteiger partial charge in [-0.3, -0.25) is 8.97 Å². The van der Waals surface area contributed by atoms with E-state index in [0.717, 1.165) is 15.7 Å². The quantitative estimate of drug-likeness (QED) is 0.726. The van der Waals surface area contributed by atoms with E-state index in [0.29, 0.717) is 11.7 Å². The molecular formula is C9H10N6OS2. The van der Waals surface area contributed by atoms with E-state index >= 15 is 0 Å². The standard InChI is InChI=1S/C9H10N6OS2/c1-14-7(16)12-13-9(14)18-6-5(4-10)15-2-3-17-8(15)11-6/h2-3H,4,10H2,1H3,(H,12,16). The summed E-state index contributed by atoms with van der Waals surface area (Å²) < 4.78 is 3.40. The van der Waals surface area contributed by atoms with Crippen molar-refractivity contribution < 1.29 is 0 Å². The van der Waals surface area contributed by atoms with Gasteiger partial charge in [-0.1, -0.05) is 0 Å². The van der Waals surface area contributed by atoms with Crippen molar-refractivity contribution in [3.63, 3.8) is 0 Å². The lowest BCUT2D eigenvalue weighted by molar-refractivity contribution is 0.764. The molecule has 0 fully saturated rings. The molecule has 0 spiro atoms. The number of imidazole rings is 1. The summed E-state index contributed by atoms with van der Waals surface area (Å²) in [7, 11) is 1.66. The topological polar surface area (TPSA) is 94.0 Å². The highest BCUT2D eigenvalue weighted by Crippen LogP contribution is 2.29. The van der Waals surface area contributed by atoms with Crippen LogP contribution in [0.3, 0.4) is 0 Å². The minimum Gasteiger partial charge on any atom is -0.325 e. The van der Waals surface area contributed by atoms with Crippen LogP contribution in [0.5, 0.6) is 0 Å². The first-order valence-electron chi connectivity index (χ1n) is 5.14. The number of nitrogens with one attached hydrogen (secondary N) is 1. The van der Waals surface area contributed by atoms with Gasteiger partial charge in [0.05, 0.1) is 5.69 Å². The first-order chi connectivity index (χ1) is 8.70. The third kappa shape index (κ3) is 1.67. The molecule has 94 valence electrons. The number of fused-ring (bicyclic) bond motifs is 1. The molecule has 0 aromatic carbocycles. The number of nitrogens with two attached hydrogens (primary N) is 1. The predicted octanol–water partition coefficient (Wildman–Crippen LogP) is 0.427. The van der Waals surface area contributed by atoms with Crippen LogP contribution in [0.4, 0.5) is 0 Å². The van der Waals surface area contributed by atoms with Gasteiger partial charge in [0.2, 0.25) is 0 Å². The second kappa shape index (κ2) is 4.26. The highest BCUT2D eigenvalue weighted by Gasteiger charge is 2.15. The number of hydrogen-bond acceptors (Lipinski definition) is 6. The van der Waals surface area contributed by atoms with Gasteiger partial charge in [-0.15, -0.1) is 16.4 Å². The summed E-state index contributed by atoms with van der Waals surface area (Å²) in [5, 5.41) is 9.65. The molecule has 0 bridgehead atoms. The molecular weight excluding hydrogens is 272 g/mol. The van der Waals surface area contributed by atoms with Gasteiger partial charge < -0.3 is 5.73 Å². The van der Waals surface area contributed by atoms with Crippen LogP contribution in [0.15, 0.2) is 26.6 Å². The van der Waals surface area contributed by atoms with E-state index in [1.165, 1.54) is 16.3 Å². The molecule has 0 unspecified atom stereocenters. The second-order valence-electron chi connectivity index (χ2n) is 3.60. The lowest BCUT2D eigenvalue weighted by Crippen LogP contribution is -2.12. The number of hydrogen-bond donors (Lipinski definition) is 2. The van der Waals surface area contributed by atoms with Gasteiger partial charge in [0.1, 0.15) is 5.03 Å². The van der Waals surface area contributed by atoms with Crippen LogP contribution >= 0.6 is 23.1 Å². The van der Waals surface area contributed by atoms with Crippen molar-refractivity contribution in [2.45, 2.75) is 16.7 Å². The predicted molar refractivity (Wildman–Crippen MR) is 68.9 cm³/mol. The van der Waals surface area contributed by atoms with E-state index < -0.39 is 0 Å². The van der Waals surface area contributed by atoms with Gasteiger partial charge in [0.15, 0.2) is 10.1 Å². The molecule has 3 heterocycles. The number of rotatable bonds is 3. The molecule has 3 rings (SSSR count). The Labute approximate surface area is 110 Å². The Hall–Kier alpha value is -1.58. The Morgan fingerprint density at radius 1 is 1.61 bits per heavy atom. The highest BCUT2D eigenvalue weighted by molar-refractivity contribution is 7.99. The van der Waals surface area contributed by atoms with E-state index in [1.807, 2.05) is 16.0 Å². The number of aromatic amines is 1. The maximum absolute atomic E-state index is 11.3. The number of nitrogens with zero attached hydrogens (tertiary/aromatic N) is 4. The SMILES string of the molecule is Cn1c(Sc2nc3sccn3c2CN)n[nH]c1=O. The number of H-pyrrole nitrogens is 1. The molecule has 0 amide bonds. The summed E-state index contributed by atoms with van der Waals surface area (Å²) in [5.41, 5.74) is 6.43. The van der Waals surface area contributed by atoms with Crippen molar-refractivity contribution in [3.05, 3.63) is 27.8 Å². The van der Waals surface area contributed by atoms with Crippen molar-refractivity contribution in [2.75, 3.05) is 0 Å². The van der Waals surface area contributed by atoms with Crippen LogP contribution < -0.4 is 11.4 Å². The number of thiazole rings is 1. The Bertz CT molecular complexity index is 751. The third-order valence-corrected chi connectivity index (χ3v) is 4.37. The maximum atomic E-state index is 11.3. The Morgan fingerprint density at radius 2 is 2.44 bits per heavy atom. The summed E-state index contributed by atoms with van der Waals surface area (Å²) in [4.78, 5) is 16.7. The minimum absolute atomic E-state index is 0.243. The van der Waals surface area contributed by atoms with Crippen molar-refractivity contribution in [1.82, 2.24) is 24.1 Å². The van der Waals surface area contributed by atoms with Gasteiger partial charge in [0, 0.05) is 25.2 Å². The van der Waals surface area contributed by atoms with Crippen LogP contribution in [-0.4, -0.2) is 24.1 Å². The van der Waals surface area contributed by atoms with Crippen LogP contribution in [0.2, 0.25) is 0 Å². The van der Waals surface area contributed by atoms with E-state index in [1.54, 1.807) is 18.4 Å². The molecule has 18 heavy (non-hydrogen) atoms. The second-order valence-corrected chi connectivity index (χ2v) is 5.42. The highest BCUT2D eigenvalue weighted by atomic mass is 32.2. The summed E-state index contributed by atoms with van der Waals surface area (Å²) in [6, 6.07) is 0. The largest absolute Gasteiger partial charge is 0.343 e. The minimum atomic E-state index is -0.243. The average molecular weight is 282 g/mol. The van der Waals surface area contributed by atoms with Gasteiger partial charge >= 0.3 is 5.69 Å². The Balaban J connectivity index is 2.06. The van der Waals surface area contributed by atoms with Crippen molar-refractivity contribution in [1.29, 1.82) is 0 Å². The molecule has 0 radical (unpaired) electrons. The average Bonchev–Trinajstić information content (AvgIpc) is 2.99. The molecule has 7 nitrogen and oxygen atoms in total. The third-order valence-electron chi connectivity index (χ3n) is 2.54. The zero-order valence-electron chi connectivity index (χ0n) is 9.45. The Morgan fingerprint density at radius 3 is 3.11 bits per heavy atom. The fourth-order valence-electron chi connectivity index (χ4n) is 1.59. The molecule has 0 atom stereocenters. The smallest absolute Gasteiger partial charge is 0.325 e. The van der Waals surface area contributed by atoms with Crippen LogP contribution in [0.25, 0.3) is 4.96 Å². The normalized spacial score (nSPS) is 11.4. The van der Waals surface area contributed by atoms with E-state index in [4.69, 9.17) is 5.73 Å². The molecule has 0 aliphatic heterocycles. The van der Waals surface area contributed by atoms with Gasteiger partial charge in [-0.25, -0.2) is 14.9 Å². The van der Waals surface area contributed by atoms with Gasteiger partial charge in [-0.2, -0.15) is 0 Å². The first-order valence-corrected chi connectivity index (χ1v) is 6.84. The zero-order valence-corrected chi connectivity index (χ0v) is 11.1. The molecule has 0 saturated carbocycles. The van der Waals surface area contributed by atoms with Crippen molar-refractivity contribution in [3.8, 4) is 0 Å². The monoisotopic (exact) mass is 282 g/mol. The summed E-state index contributed by atoms with van der Waals surface area (Å²) >= 11 is 2.88. The lowest BCUT2D eigenvalue weighted by Gasteiger charge is -1.99. The fourth-order valence-corrected chi connectivity index (χ4v) is 3.30. The molecule has 3 aromatic heterocycles. The first kappa shape index (κ1) is 11.5. The summed E-state index contributed by atoms with van der Waals surface area (Å²) in [5.74, 6) is 0. The van der Waals surface area contributed by atoms with Crippen LogP contribution in [0, 0.1) is 0 Å². The summed E-state index contributed by atoms with van der Waals surface area (Å²) in [6.45, 7) is 0.388. The van der Waals surface area contributed by atoms with E-state index in [-0.39, 0.29) is 5.69 Å². The van der Waals surface area contributed by atoms with Crippen LogP contribution in [-0.2, 0) is 13.6 Å². The molecule has 0 saturated heterocycles. The van der Waals surface area contributed by atoms with Crippen molar-refractivity contribution >= 4 is 28.1 Å². The van der Waals surface area contributed by atoms with Crippen LogP contribution in [0.1, 0.15) is 5.69 Å². The van der Waals surface area contributed by atoms with E-state index in [2.05, 4.69) is 15.2 Å². The van der Waals surface area contributed by atoms with Gasteiger partial charge in [0.25, 0.3) is 0 Å². The molecule has 9 heteroatoms. The van der Waals surface area contributed by atoms with E-state index in [9.17, 15) is 4.79 Å². The molecule has 0 aliphatic carbocycles. The zero-order chi connectivity index (χ0) is 12.7. The lowest BCUT2D eigenvalue weighted by atomic mass is 10.5. The van der Waals surface area contributed by atoms with Gasteiger partial charge in [-0.05, 0) is 11.8 Å². The number of aromatic nitrogens is 5. The fraction of sp³-hybridized carbons (Fsp3) is 0.222. The molecule has 3 N–H and O–H groups in total. The van der Waals surface area contributed by atoms with Crippen molar-refractivity contribution in [2.24, 2.45) is 12.8 Å². The maximum Gasteiger partial charge on any atom is 0.343 e. The summed E-state index contributed by atoms with van der Waals surface area (Å²) in [6.07, 6.45) is 1.93. The molecule has 0 aliphatic rings. The Kier molecular flexibility index (Phi) is 2.73.